The van der Waals surface area contributed by atoms with Crippen molar-refractivity contribution in [1.29, 1.82) is 0 Å². The molecule has 0 saturated heterocycles. The molecule has 0 unspecified atom stereocenters. The minimum Gasteiger partial charge on any atom is -1.00 e. The summed E-state index contributed by atoms with van der Waals surface area (Å²) in [5, 5.41) is 0. The van der Waals surface area contributed by atoms with E-state index in [0.29, 0.717) is 11.1 Å². The molecule has 1 rings (SSSR count). The van der Waals surface area contributed by atoms with Crippen molar-refractivity contribution in [2.24, 2.45) is 0 Å². The zero-order chi connectivity index (χ0) is 13.7. The van der Waals surface area contributed by atoms with Gasteiger partial charge in [0.05, 0.1) is 23.3 Å². The van der Waals surface area contributed by atoms with Gasteiger partial charge in [-0.2, -0.15) is 0 Å². The molecule has 1 aromatic rings. The molecule has 0 amide bonds. The number of hydrogen-bond acceptors (Lipinski definition) is 4. The van der Waals surface area contributed by atoms with Gasteiger partial charge in [-0.25, -0.2) is 9.59 Å². The number of hydrogen-bond donors (Lipinski definition) is 0. The van der Waals surface area contributed by atoms with Crippen LogP contribution in [0.25, 0.3) is 0 Å². The number of carbonyl (C=O) groups is 2. The van der Waals surface area contributed by atoms with Crippen LogP contribution in [0.5, 0.6) is 0 Å². The average Bonchev–Trinajstić information content (AvgIpc) is 2.27. The monoisotopic (exact) mass is 292 g/mol. The van der Waals surface area contributed by atoms with E-state index in [0.717, 1.165) is 0 Å². The van der Waals surface area contributed by atoms with E-state index in [1.807, 2.05) is 0 Å². The number of carbonyl (C=O) groups excluding carboxylic acids is 2. The first kappa shape index (κ1) is 18.4. The van der Waals surface area contributed by atoms with Crippen LogP contribution in [0.2, 0.25) is 0 Å². The predicted molar refractivity (Wildman–Crippen MR) is 75.5 cm³/mol. The van der Waals surface area contributed by atoms with Crippen molar-refractivity contribution in [2.75, 3.05) is 0 Å². The summed E-state index contributed by atoms with van der Waals surface area (Å²) >= 11 is 0. The summed E-state index contributed by atoms with van der Waals surface area (Å²) in [6, 6.07) is 6.23. The Morgan fingerprint density at radius 3 is 1.32 bits per heavy atom. The van der Waals surface area contributed by atoms with Crippen LogP contribution in [0.15, 0.2) is 24.3 Å². The van der Waals surface area contributed by atoms with Crippen LogP contribution in [-0.4, -0.2) is 61.9 Å². The Morgan fingerprint density at radius 1 is 0.842 bits per heavy atom. The molecule has 102 valence electrons. The molecule has 0 aliphatic rings. The smallest absolute Gasteiger partial charge is 1.00 e. The quantitative estimate of drug-likeness (QED) is 0.632. The van der Waals surface area contributed by atoms with E-state index in [9.17, 15) is 9.59 Å². The molecule has 0 saturated carbocycles. The van der Waals surface area contributed by atoms with Crippen LogP contribution in [0.1, 0.15) is 51.3 Å². The Labute approximate surface area is 146 Å². The van der Waals surface area contributed by atoms with Gasteiger partial charge in [-0.15, -0.1) is 0 Å². The van der Waals surface area contributed by atoms with Crippen LogP contribution in [0, 0.1) is 0 Å². The number of rotatable bonds is 4. The Balaban J connectivity index is -0.00000108. The van der Waals surface area contributed by atoms with Crippen LogP contribution in [-0.2, 0) is 9.47 Å². The first-order valence-electron chi connectivity index (χ1n) is 5.92. The molecule has 0 spiro atoms. The molecule has 19 heavy (non-hydrogen) atoms. The molecule has 0 radical (unpaired) electrons. The first-order chi connectivity index (χ1) is 8.40. The number of benzene rings is 1. The third kappa shape index (κ3) is 6.41. The zero-order valence-corrected chi connectivity index (χ0v) is 14.0. The van der Waals surface area contributed by atoms with Gasteiger partial charge in [0.25, 0.3) is 0 Å². The fourth-order valence-electron chi connectivity index (χ4n) is 1.31. The second-order valence-corrected chi connectivity index (χ2v) is 4.49. The summed E-state index contributed by atoms with van der Waals surface area (Å²) < 4.78 is 10.1. The normalized spacial score (nSPS) is 10.0. The van der Waals surface area contributed by atoms with Crippen LogP contribution < -0.4 is 0 Å². The van der Waals surface area contributed by atoms with E-state index in [4.69, 9.17) is 9.47 Å². The van der Waals surface area contributed by atoms with Crippen molar-refractivity contribution in [3.8, 4) is 0 Å². The molecule has 0 fully saturated rings. The molecule has 1 aromatic carbocycles. The van der Waals surface area contributed by atoms with Gasteiger partial charge in [-0.1, -0.05) is 0 Å². The third-order valence-corrected chi connectivity index (χ3v) is 2.04. The van der Waals surface area contributed by atoms with Crippen molar-refractivity contribution in [3.05, 3.63) is 35.4 Å². The minimum atomic E-state index is -0.395. The molecule has 4 nitrogen and oxygen atoms in total. The topological polar surface area (TPSA) is 52.6 Å². The summed E-state index contributed by atoms with van der Waals surface area (Å²) in [5.74, 6) is -0.789. The molecule has 0 aliphatic carbocycles. The van der Waals surface area contributed by atoms with Gasteiger partial charge in [0.15, 0.2) is 0 Å². The fraction of sp³-hybridized carbons (Fsp3) is 0.429. The molecule has 0 bridgehead atoms. The maximum Gasteiger partial charge on any atom is 2.00 e. The molecule has 0 aromatic heterocycles. The van der Waals surface area contributed by atoms with E-state index in [-0.39, 0.29) is 52.8 Å². The average molecular weight is 292 g/mol. The van der Waals surface area contributed by atoms with E-state index < -0.39 is 11.9 Å². The van der Waals surface area contributed by atoms with Gasteiger partial charge in [-0.05, 0) is 52.0 Å². The molecule has 0 N–H and O–H groups in total. The van der Waals surface area contributed by atoms with Crippen molar-refractivity contribution in [2.45, 2.75) is 39.9 Å². The third-order valence-electron chi connectivity index (χ3n) is 2.04. The molecule has 5 heteroatoms. The van der Waals surface area contributed by atoms with Crippen LogP contribution >= 0.6 is 0 Å². The minimum absolute atomic E-state index is 0. The van der Waals surface area contributed by atoms with Crippen molar-refractivity contribution in [3.63, 3.8) is 0 Å². The Hall–Kier alpha value is -0.580. The molecular formula is C14H20CaO4. The van der Waals surface area contributed by atoms with Gasteiger partial charge < -0.3 is 12.3 Å². The molecule has 0 aliphatic heterocycles. The summed E-state index contributed by atoms with van der Waals surface area (Å²) in [7, 11) is 0. The summed E-state index contributed by atoms with van der Waals surface area (Å²) in [4.78, 5) is 23.2. The van der Waals surface area contributed by atoms with E-state index in [2.05, 4.69) is 0 Å². The Kier molecular flexibility index (Phi) is 8.30. The van der Waals surface area contributed by atoms with Crippen molar-refractivity contribution < 1.29 is 21.9 Å². The van der Waals surface area contributed by atoms with Crippen molar-refractivity contribution in [1.82, 2.24) is 0 Å². The molecule has 0 heterocycles. The maximum absolute atomic E-state index is 11.6. The van der Waals surface area contributed by atoms with E-state index >= 15 is 0 Å². The van der Waals surface area contributed by atoms with Gasteiger partial charge in [0.2, 0.25) is 0 Å². The summed E-state index contributed by atoms with van der Waals surface area (Å²) in [6.07, 6.45) is -0.328. The SMILES string of the molecule is CC(C)OC(=O)c1ccc(C(=O)OC(C)C)cc1.[Ca+2].[H-].[H-]. The summed E-state index contributed by atoms with van der Waals surface area (Å²) in [5.41, 5.74) is 0.842. The predicted octanol–water partition coefficient (Wildman–Crippen LogP) is 2.66. The van der Waals surface area contributed by atoms with Gasteiger partial charge in [-0.3, -0.25) is 0 Å². The largest absolute Gasteiger partial charge is 2.00 e. The van der Waals surface area contributed by atoms with Crippen LogP contribution in [0.4, 0.5) is 0 Å². The van der Waals surface area contributed by atoms with E-state index in [1.54, 1.807) is 52.0 Å². The second kappa shape index (κ2) is 8.56. The maximum atomic E-state index is 11.6. The molecule has 0 atom stereocenters. The van der Waals surface area contributed by atoms with Gasteiger partial charge >= 0.3 is 49.7 Å². The van der Waals surface area contributed by atoms with Crippen molar-refractivity contribution >= 4 is 49.7 Å². The Morgan fingerprint density at radius 2 is 1.11 bits per heavy atom. The second-order valence-electron chi connectivity index (χ2n) is 4.49. The first-order valence-corrected chi connectivity index (χ1v) is 5.92. The van der Waals surface area contributed by atoms with E-state index in [1.165, 1.54) is 0 Å². The fourth-order valence-corrected chi connectivity index (χ4v) is 1.31. The summed E-state index contributed by atoms with van der Waals surface area (Å²) in [6.45, 7) is 7.14. The number of esters is 2. The van der Waals surface area contributed by atoms with Crippen LogP contribution in [0.3, 0.4) is 0 Å². The Bertz CT molecular complexity index is 392. The molecular weight excluding hydrogens is 272 g/mol. The number of ether oxygens (including phenoxy) is 2. The standard InChI is InChI=1S/C14H18O4.Ca.2H/c1-9(2)17-13(15)11-5-7-12(8-6-11)14(16)18-10(3)4;;;/h5-10H,1-4H3;;;/q;+2;2*-1. The van der Waals surface area contributed by atoms with Gasteiger partial charge in [0.1, 0.15) is 0 Å². The van der Waals surface area contributed by atoms with Gasteiger partial charge in [0, 0.05) is 0 Å². The zero-order valence-electron chi connectivity index (χ0n) is 13.8.